The van der Waals surface area contributed by atoms with Crippen molar-refractivity contribution >= 4 is 15.9 Å². The summed E-state index contributed by atoms with van der Waals surface area (Å²) in [7, 11) is 0. The van der Waals surface area contributed by atoms with Crippen LogP contribution in [0, 0.1) is 6.92 Å². The van der Waals surface area contributed by atoms with Gasteiger partial charge in [0.2, 0.25) is 5.88 Å². The highest BCUT2D eigenvalue weighted by Gasteiger charge is 2.01. The number of aromatic nitrogens is 1. The first-order valence-corrected chi connectivity index (χ1v) is 5.98. The van der Waals surface area contributed by atoms with Crippen LogP contribution in [0.15, 0.2) is 41.0 Å². The first-order chi connectivity index (χ1) is 8.19. The average Bonchev–Trinajstić information content (AvgIpc) is 2.35. The average molecular weight is 294 g/mol. The Morgan fingerprint density at radius 1 is 1.29 bits per heavy atom. The predicted octanol–water partition coefficient (Wildman–Crippen LogP) is 3.44. The summed E-state index contributed by atoms with van der Waals surface area (Å²) in [5, 5.41) is 8.90. The van der Waals surface area contributed by atoms with Crippen molar-refractivity contribution in [1.82, 2.24) is 4.98 Å². The number of benzene rings is 1. The number of nitrogens with zero attached hydrogens (tertiary/aromatic N) is 1. The summed E-state index contributed by atoms with van der Waals surface area (Å²) in [6.07, 6.45) is 1.60. The van der Waals surface area contributed by atoms with Crippen molar-refractivity contribution in [3.8, 4) is 11.6 Å². The monoisotopic (exact) mass is 293 g/mol. The topological polar surface area (TPSA) is 42.4 Å². The van der Waals surface area contributed by atoms with E-state index >= 15 is 0 Å². The highest BCUT2D eigenvalue weighted by molar-refractivity contribution is 9.10. The van der Waals surface area contributed by atoms with Gasteiger partial charge in [-0.25, -0.2) is 4.98 Å². The number of ether oxygens (including phenoxy) is 1. The Morgan fingerprint density at radius 2 is 2.12 bits per heavy atom. The third-order valence-electron chi connectivity index (χ3n) is 2.33. The van der Waals surface area contributed by atoms with Gasteiger partial charge < -0.3 is 9.84 Å². The molecule has 0 aliphatic rings. The first kappa shape index (κ1) is 12.1. The summed E-state index contributed by atoms with van der Waals surface area (Å²) in [4.78, 5) is 4.10. The van der Waals surface area contributed by atoms with Gasteiger partial charge in [-0.15, -0.1) is 0 Å². The van der Waals surface area contributed by atoms with Crippen LogP contribution in [-0.4, -0.2) is 10.1 Å². The summed E-state index contributed by atoms with van der Waals surface area (Å²) >= 11 is 3.43. The second-order valence-electron chi connectivity index (χ2n) is 3.68. The summed E-state index contributed by atoms with van der Waals surface area (Å²) < 4.78 is 6.65. The normalized spacial score (nSPS) is 10.3. The van der Waals surface area contributed by atoms with Gasteiger partial charge in [0.05, 0.1) is 6.61 Å². The van der Waals surface area contributed by atoms with Crippen LogP contribution in [0.1, 0.15) is 11.1 Å². The largest absolute Gasteiger partial charge is 0.439 e. The summed E-state index contributed by atoms with van der Waals surface area (Å²) in [6, 6.07) is 9.27. The fraction of sp³-hybridized carbons (Fsp3) is 0.154. The predicted molar refractivity (Wildman–Crippen MR) is 69.1 cm³/mol. The van der Waals surface area contributed by atoms with Crippen molar-refractivity contribution < 1.29 is 9.84 Å². The molecule has 2 rings (SSSR count). The van der Waals surface area contributed by atoms with Crippen LogP contribution in [0.2, 0.25) is 0 Å². The first-order valence-electron chi connectivity index (χ1n) is 5.19. The number of rotatable bonds is 3. The van der Waals surface area contributed by atoms with Crippen molar-refractivity contribution in [3.63, 3.8) is 0 Å². The quantitative estimate of drug-likeness (QED) is 0.943. The Balaban J connectivity index is 2.16. The number of hydrogen-bond donors (Lipinski definition) is 1. The summed E-state index contributed by atoms with van der Waals surface area (Å²) in [5.74, 6) is 1.26. The highest BCUT2D eigenvalue weighted by atomic mass is 79.9. The lowest BCUT2D eigenvalue weighted by molar-refractivity contribution is 0.281. The second-order valence-corrected chi connectivity index (χ2v) is 4.53. The van der Waals surface area contributed by atoms with Gasteiger partial charge in [-0.1, -0.05) is 15.9 Å². The van der Waals surface area contributed by atoms with E-state index in [9.17, 15) is 0 Å². The number of aliphatic hydroxyl groups excluding tert-OH is 1. The molecular formula is C13H12BrNO2. The molecule has 3 nitrogen and oxygen atoms in total. The molecule has 0 radical (unpaired) electrons. The maximum absolute atomic E-state index is 8.90. The second kappa shape index (κ2) is 5.29. The van der Waals surface area contributed by atoms with E-state index in [0.29, 0.717) is 5.88 Å². The van der Waals surface area contributed by atoms with E-state index in [0.717, 1.165) is 21.3 Å². The molecule has 1 aromatic heterocycles. The Bertz CT molecular complexity index is 511. The van der Waals surface area contributed by atoms with Crippen LogP contribution in [0.3, 0.4) is 0 Å². The minimum absolute atomic E-state index is 0.00925. The Hall–Kier alpha value is -1.39. The molecule has 0 saturated carbocycles. The Labute approximate surface area is 108 Å². The molecule has 1 heterocycles. The van der Waals surface area contributed by atoms with Gasteiger partial charge in [-0.05, 0) is 42.3 Å². The Morgan fingerprint density at radius 3 is 2.71 bits per heavy atom. The van der Waals surface area contributed by atoms with E-state index in [1.54, 1.807) is 18.3 Å². The molecule has 0 bridgehead atoms. The molecule has 17 heavy (non-hydrogen) atoms. The molecule has 0 aliphatic carbocycles. The van der Waals surface area contributed by atoms with E-state index in [1.165, 1.54) is 0 Å². The van der Waals surface area contributed by atoms with Gasteiger partial charge in [0.25, 0.3) is 0 Å². The molecule has 0 unspecified atom stereocenters. The molecule has 4 heteroatoms. The number of aryl methyl sites for hydroxylation is 1. The zero-order valence-corrected chi connectivity index (χ0v) is 10.9. The zero-order chi connectivity index (χ0) is 12.3. The Kier molecular flexibility index (Phi) is 3.76. The zero-order valence-electron chi connectivity index (χ0n) is 9.35. The molecule has 2 aromatic rings. The van der Waals surface area contributed by atoms with Gasteiger partial charge in [0.1, 0.15) is 5.75 Å². The molecule has 1 aromatic carbocycles. The van der Waals surface area contributed by atoms with E-state index in [4.69, 9.17) is 9.84 Å². The molecule has 0 spiro atoms. The van der Waals surface area contributed by atoms with Gasteiger partial charge in [0, 0.05) is 16.7 Å². The van der Waals surface area contributed by atoms with Crippen LogP contribution in [-0.2, 0) is 6.61 Å². The van der Waals surface area contributed by atoms with Crippen molar-refractivity contribution in [2.75, 3.05) is 0 Å². The minimum Gasteiger partial charge on any atom is -0.439 e. The number of hydrogen-bond acceptors (Lipinski definition) is 3. The smallest absolute Gasteiger partial charge is 0.219 e. The third-order valence-corrected chi connectivity index (χ3v) is 3.22. The fourth-order valence-corrected chi connectivity index (χ4v) is 1.61. The SMILES string of the molecule is Cc1cc(Oc2ccc(CO)cn2)ccc1Br. The minimum atomic E-state index is -0.00925. The molecule has 1 N–H and O–H groups in total. The standard InChI is InChI=1S/C13H12BrNO2/c1-9-6-11(3-4-12(9)14)17-13-5-2-10(8-16)7-15-13/h2-7,16H,8H2,1H3. The summed E-state index contributed by atoms with van der Waals surface area (Å²) in [5.41, 5.74) is 1.87. The lowest BCUT2D eigenvalue weighted by atomic mass is 10.2. The van der Waals surface area contributed by atoms with Crippen LogP contribution in [0.4, 0.5) is 0 Å². The number of pyridine rings is 1. The van der Waals surface area contributed by atoms with Crippen LogP contribution >= 0.6 is 15.9 Å². The molecule has 0 saturated heterocycles. The van der Waals surface area contributed by atoms with Gasteiger partial charge in [-0.2, -0.15) is 0 Å². The van der Waals surface area contributed by atoms with Crippen molar-refractivity contribution in [2.45, 2.75) is 13.5 Å². The number of halogens is 1. The van der Waals surface area contributed by atoms with Crippen molar-refractivity contribution in [2.24, 2.45) is 0 Å². The molecular weight excluding hydrogens is 282 g/mol. The molecule has 0 fully saturated rings. The molecule has 0 amide bonds. The highest BCUT2D eigenvalue weighted by Crippen LogP contribution is 2.25. The van der Waals surface area contributed by atoms with E-state index in [2.05, 4.69) is 20.9 Å². The van der Waals surface area contributed by atoms with Gasteiger partial charge >= 0.3 is 0 Å². The van der Waals surface area contributed by atoms with E-state index < -0.39 is 0 Å². The molecule has 0 atom stereocenters. The summed E-state index contributed by atoms with van der Waals surface area (Å²) in [6.45, 7) is 1.99. The van der Waals surface area contributed by atoms with Gasteiger partial charge in [-0.3, -0.25) is 0 Å². The van der Waals surface area contributed by atoms with Crippen molar-refractivity contribution in [3.05, 3.63) is 52.1 Å². The number of aliphatic hydroxyl groups is 1. The maximum atomic E-state index is 8.90. The molecule has 0 aliphatic heterocycles. The van der Waals surface area contributed by atoms with E-state index in [-0.39, 0.29) is 6.61 Å². The van der Waals surface area contributed by atoms with Crippen LogP contribution < -0.4 is 4.74 Å². The van der Waals surface area contributed by atoms with Crippen LogP contribution in [0.5, 0.6) is 11.6 Å². The fourth-order valence-electron chi connectivity index (χ4n) is 1.37. The van der Waals surface area contributed by atoms with Crippen molar-refractivity contribution in [1.29, 1.82) is 0 Å². The lowest BCUT2D eigenvalue weighted by Gasteiger charge is -2.06. The van der Waals surface area contributed by atoms with Crippen LogP contribution in [0.25, 0.3) is 0 Å². The maximum Gasteiger partial charge on any atom is 0.219 e. The lowest BCUT2D eigenvalue weighted by Crippen LogP contribution is -1.90. The third kappa shape index (κ3) is 3.05. The van der Waals surface area contributed by atoms with E-state index in [1.807, 2.05) is 25.1 Å². The van der Waals surface area contributed by atoms with Gasteiger partial charge in [0.15, 0.2) is 0 Å². The molecule has 88 valence electrons.